The summed E-state index contributed by atoms with van der Waals surface area (Å²) in [5.41, 5.74) is 4.21. The fraction of sp³-hybridized carbons (Fsp3) is 0.625. The summed E-state index contributed by atoms with van der Waals surface area (Å²) in [5, 5.41) is 3.63. The maximum Gasteiger partial charge on any atom is 0.0610 e. The molecule has 1 saturated carbocycles. The van der Waals surface area contributed by atoms with Gasteiger partial charge in [0.05, 0.1) is 11.4 Å². The standard InChI is InChI=1S/C16H22N2/c1-11-6-7-14-16(8-11)18-13(10-17-14)9-12-4-2-3-5-15(12)18/h6-8,12-13,15,17H,2-5,9-10H2,1H3. The van der Waals surface area contributed by atoms with Gasteiger partial charge in [-0.2, -0.15) is 0 Å². The van der Waals surface area contributed by atoms with Crippen LogP contribution in [-0.4, -0.2) is 18.6 Å². The van der Waals surface area contributed by atoms with Gasteiger partial charge in [0, 0.05) is 18.6 Å². The summed E-state index contributed by atoms with van der Waals surface area (Å²) in [4.78, 5) is 2.77. The number of hydrogen-bond acceptors (Lipinski definition) is 2. The largest absolute Gasteiger partial charge is 0.381 e. The Bertz CT molecular complexity index is 468. The highest BCUT2D eigenvalue weighted by atomic mass is 15.3. The molecule has 3 aliphatic rings. The number of rotatable bonds is 0. The Hall–Kier alpha value is -1.18. The fourth-order valence-corrected chi connectivity index (χ4v) is 4.35. The number of fused-ring (bicyclic) bond motifs is 5. The minimum atomic E-state index is 0.743. The molecule has 0 spiro atoms. The number of nitrogens with one attached hydrogen (secondary N) is 1. The fourth-order valence-electron chi connectivity index (χ4n) is 4.35. The van der Waals surface area contributed by atoms with E-state index in [1.165, 1.54) is 49.0 Å². The summed E-state index contributed by atoms with van der Waals surface area (Å²) < 4.78 is 0. The van der Waals surface area contributed by atoms with Crippen molar-refractivity contribution in [3.63, 3.8) is 0 Å². The van der Waals surface area contributed by atoms with E-state index in [4.69, 9.17) is 0 Å². The molecule has 0 radical (unpaired) electrons. The number of benzene rings is 1. The molecule has 2 nitrogen and oxygen atoms in total. The van der Waals surface area contributed by atoms with Crippen LogP contribution in [0.15, 0.2) is 18.2 Å². The number of hydrogen-bond donors (Lipinski definition) is 1. The zero-order valence-electron chi connectivity index (χ0n) is 11.2. The Labute approximate surface area is 109 Å². The Balaban J connectivity index is 1.76. The highest BCUT2D eigenvalue weighted by Gasteiger charge is 2.44. The van der Waals surface area contributed by atoms with E-state index < -0.39 is 0 Å². The van der Waals surface area contributed by atoms with Crippen molar-refractivity contribution in [1.82, 2.24) is 0 Å². The van der Waals surface area contributed by atoms with Gasteiger partial charge < -0.3 is 10.2 Å². The Morgan fingerprint density at radius 2 is 2.11 bits per heavy atom. The molecule has 1 saturated heterocycles. The van der Waals surface area contributed by atoms with Gasteiger partial charge in [-0.05, 0) is 49.8 Å². The van der Waals surface area contributed by atoms with Crippen LogP contribution in [0, 0.1) is 12.8 Å². The van der Waals surface area contributed by atoms with Crippen molar-refractivity contribution in [2.24, 2.45) is 5.92 Å². The number of aryl methyl sites for hydroxylation is 1. The molecule has 1 aromatic rings. The van der Waals surface area contributed by atoms with Gasteiger partial charge >= 0.3 is 0 Å². The van der Waals surface area contributed by atoms with E-state index in [9.17, 15) is 0 Å². The monoisotopic (exact) mass is 242 g/mol. The SMILES string of the molecule is Cc1ccc2c(c1)N1C(CN2)CC2CCCCC21. The van der Waals surface area contributed by atoms with E-state index in [0.717, 1.165) is 24.5 Å². The first-order valence-electron chi connectivity index (χ1n) is 7.46. The predicted octanol–water partition coefficient (Wildman–Crippen LogP) is 3.56. The topological polar surface area (TPSA) is 15.3 Å². The van der Waals surface area contributed by atoms with Gasteiger partial charge in [-0.1, -0.05) is 18.9 Å². The van der Waals surface area contributed by atoms with Gasteiger partial charge in [0.25, 0.3) is 0 Å². The van der Waals surface area contributed by atoms with Crippen LogP contribution in [0.3, 0.4) is 0 Å². The van der Waals surface area contributed by atoms with Crippen LogP contribution in [0.4, 0.5) is 11.4 Å². The molecule has 2 heteroatoms. The zero-order valence-corrected chi connectivity index (χ0v) is 11.2. The Morgan fingerprint density at radius 3 is 3.06 bits per heavy atom. The predicted molar refractivity (Wildman–Crippen MR) is 76.3 cm³/mol. The van der Waals surface area contributed by atoms with Gasteiger partial charge in [-0.15, -0.1) is 0 Å². The summed E-state index contributed by atoms with van der Waals surface area (Å²) in [5.74, 6) is 0.956. The molecule has 0 amide bonds. The molecule has 96 valence electrons. The van der Waals surface area contributed by atoms with Crippen LogP contribution < -0.4 is 10.2 Å². The molecule has 1 aromatic carbocycles. The third-order valence-electron chi connectivity index (χ3n) is 5.15. The van der Waals surface area contributed by atoms with Gasteiger partial charge in [0.1, 0.15) is 0 Å². The Morgan fingerprint density at radius 1 is 1.22 bits per heavy atom. The first-order chi connectivity index (χ1) is 8.83. The highest BCUT2D eigenvalue weighted by Crippen LogP contribution is 2.46. The second-order valence-electron chi connectivity index (χ2n) is 6.31. The van der Waals surface area contributed by atoms with Crippen molar-refractivity contribution in [3.8, 4) is 0 Å². The molecule has 1 aliphatic carbocycles. The smallest absolute Gasteiger partial charge is 0.0610 e. The summed E-state index contributed by atoms with van der Waals surface area (Å²) in [7, 11) is 0. The van der Waals surface area contributed by atoms with E-state index in [2.05, 4.69) is 35.3 Å². The summed E-state index contributed by atoms with van der Waals surface area (Å²) in [6.07, 6.45) is 7.16. The van der Waals surface area contributed by atoms with Crippen LogP contribution in [0.2, 0.25) is 0 Å². The second kappa shape index (κ2) is 3.91. The lowest BCUT2D eigenvalue weighted by atomic mass is 9.85. The maximum absolute atomic E-state index is 3.63. The van der Waals surface area contributed by atoms with Crippen molar-refractivity contribution in [1.29, 1.82) is 0 Å². The summed E-state index contributed by atoms with van der Waals surface area (Å²) in [6, 6.07) is 8.43. The third-order valence-corrected chi connectivity index (χ3v) is 5.15. The van der Waals surface area contributed by atoms with Crippen LogP contribution in [-0.2, 0) is 0 Å². The minimum Gasteiger partial charge on any atom is -0.381 e. The van der Waals surface area contributed by atoms with Gasteiger partial charge in [-0.3, -0.25) is 0 Å². The number of anilines is 2. The van der Waals surface area contributed by atoms with E-state index in [-0.39, 0.29) is 0 Å². The average Bonchev–Trinajstić information content (AvgIpc) is 2.77. The highest BCUT2D eigenvalue weighted by molar-refractivity contribution is 5.74. The van der Waals surface area contributed by atoms with E-state index >= 15 is 0 Å². The maximum atomic E-state index is 3.63. The molecule has 18 heavy (non-hydrogen) atoms. The lowest BCUT2D eigenvalue weighted by Crippen LogP contribution is -2.44. The van der Waals surface area contributed by atoms with Crippen molar-refractivity contribution in [2.45, 2.75) is 51.1 Å². The molecule has 3 atom stereocenters. The van der Waals surface area contributed by atoms with Crippen LogP contribution in [0.25, 0.3) is 0 Å². The van der Waals surface area contributed by atoms with E-state index in [0.29, 0.717) is 0 Å². The number of nitrogens with zero attached hydrogens (tertiary/aromatic N) is 1. The quantitative estimate of drug-likeness (QED) is 0.748. The first-order valence-corrected chi connectivity index (χ1v) is 7.46. The molecule has 0 aromatic heterocycles. The van der Waals surface area contributed by atoms with Crippen LogP contribution in [0.1, 0.15) is 37.7 Å². The Kier molecular flexibility index (Phi) is 2.33. The lowest BCUT2D eigenvalue weighted by molar-refractivity contribution is 0.342. The van der Waals surface area contributed by atoms with Gasteiger partial charge in [0.15, 0.2) is 0 Å². The molecule has 2 aliphatic heterocycles. The lowest BCUT2D eigenvalue weighted by Gasteiger charge is -2.40. The van der Waals surface area contributed by atoms with E-state index in [1.54, 1.807) is 0 Å². The molecule has 2 heterocycles. The van der Waals surface area contributed by atoms with E-state index in [1.807, 2.05) is 0 Å². The zero-order chi connectivity index (χ0) is 12.1. The normalized spacial score (nSPS) is 33.4. The van der Waals surface area contributed by atoms with Gasteiger partial charge in [-0.25, -0.2) is 0 Å². The average molecular weight is 242 g/mol. The molecule has 3 unspecified atom stereocenters. The van der Waals surface area contributed by atoms with Crippen molar-refractivity contribution in [3.05, 3.63) is 23.8 Å². The summed E-state index contributed by atoms with van der Waals surface area (Å²) >= 11 is 0. The van der Waals surface area contributed by atoms with Crippen molar-refractivity contribution in [2.75, 3.05) is 16.8 Å². The third kappa shape index (κ3) is 1.47. The van der Waals surface area contributed by atoms with Gasteiger partial charge in [0.2, 0.25) is 0 Å². The molecule has 4 rings (SSSR count). The molecule has 2 fully saturated rings. The second-order valence-corrected chi connectivity index (χ2v) is 6.31. The first kappa shape index (κ1) is 10.7. The minimum absolute atomic E-state index is 0.743. The van der Waals surface area contributed by atoms with Crippen LogP contribution >= 0.6 is 0 Å². The summed E-state index contributed by atoms with van der Waals surface area (Å²) in [6.45, 7) is 3.35. The molecule has 1 N–H and O–H groups in total. The van der Waals surface area contributed by atoms with Crippen molar-refractivity contribution < 1.29 is 0 Å². The molecular formula is C16H22N2. The van der Waals surface area contributed by atoms with Crippen LogP contribution in [0.5, 0.6) is 0 Å². The molecule has 0 bridgehead atoms. The molecular weight excluding hydrogens is 220 g/mol. The van der Waals surface area contributed by atoms with Crippen molar-refractivity contribution >= 4 is 11.4 Å².